The molecule has 0 bridgehead atoms. The van der Waals surface area contributed by atoms with E-state index in [9.17, 15) is 31.2 Å². The van der Waals surface area contributed by atoms with Gasteiger partial charge in [0.15, 0.2) is 0 Å². The van der Waals surface area contributed by atoms with Gasteiger partial charge in [-0.2, -0.15) is 17.5 Å². The maximum atomic E-state index is 13.1. The van der Waals surface area contributed by atoms with Crippen LogP contribution in [0.4, 0.5) is 23.7 Å². The first-order valence-electron chi connectivity index (χ1n) is 9.06. The molecule has 0 saturated heterocycles. The fourth-order valence-electron chi connectivity index (χ4n) is 3.00. The molecule has 1 aliphatic heterocycles. The number of anilines is 1. The third-order valence-corrected chi connectivity index (χ3v) is 6.12. The fourth-order valence-corrected chi connectivity index (χ4v) is 4.69. The van der Waals surface area contributed by atoms with Gasteiger partial charge in [-0.3, -0.25) is 4.79 Å². The van der Waals surface area contributed by atoms with Gasteiger partial charge in [-0.15, -0.1) is 0 Å². The Hall–Kier alpha value is -3.08. The summed E-state index contributed by atoms with van der Waals surface area (Å²) in [6.07, 6.45) is -6.03. The highest BCUT2D eigenvalue weighted by atomic mass is 32.2. The number of halogens is 3. The molecule has 2 amide bonds. The lowest BCUT2D eigenvalue weighted by Gasteiger charge is -2.23. The third kappa shape index (κ3) is 4.66. The third-order valence-electron chi connectivity index (χ3n) is 4.27. The molecule has 1 aliphatic rings. The van der Waals surface area contributed by atoms with Gasteiger partial charge in [0.25, 0.3) is 10.0 Å². The Morgan fingerprint density at radius 1 is 1.03 bits per heavy atom. The molecule has 2 aromatic rings. The van der Waals surface area contributed by atoms with Crippen molar-refractivity contribution in [3.05, 3.63) is 48.0 Å². The van der Waals surface area contributed by atoms with Crippen LogP contribution in [0.1, 0.15) is 26.3 Å². The van der Waals surface area contributed by atoms with Crippen LogP contribution in [0, 0.1) is 0 Å². The Labute approximate surface area is 176 Å². The quantitative estimate of drug-likeness (QED) is 0.728. The predicted molar refractivity (Wildman–Crippen MR) is 106 cm³/mol. The first kappa shape index (κ1) is 22.6. The number of nitrogens with zero attached hydrogens (tertiary/aromatic N) is 1. The number of benzene rings is 2. The molecular weight excluding hydrogens is 437 g/mol. The van der Waals surface area contributed by atoms with E-state index in [2.05, 4.69) is 0 Å². The maximum Gasteiger partial charge on any atom is 0.471 e. The highest BCUT2D eigenvalue weighted by Crippen LogP contribution is 2.39. The second-order valence-corrected chi connectivity index (χ2v) is 9.61. The molecule has 0 unspecified atom stereocenters. The lowest BCUT2D eigenvalue weighted by Crippen LogP contribution is -2.37. The van der Waals surface area contributed by atoms with Crippen LogP contribution in [-0.4, -0.2) is 36.5 Å². The van der Waals surface area contributed by atoms with E-state index in [1.807, 2.05) is 0 Å². The standard InChI is InChI=1S/C20H19F3N2O5S/c1-19(2,3)30-18(27)25-11-13-5-4-6-15(16(13)31(25,28)29)12-7-9-14(10-8-12)24-17(26)20(21,22)23/h4-10H,11H2,1-3H3,(H,24,26). The van der Waals surface area contributed by atoms with E-state index < -0.39 is 33.8 Å². The van der Waals surface area contributed by atoms with E-state index in [0.717, 1.165) is 0 Å². The Bertz CT molecular complexity index is 1140. The van der Waals surface area contributed by atoms with Crippen molar-refractivity contribution in [1.82, 2.24) is 4.31 Å². The van der Waals surface area contributed by atoms with E-state index in [1.165, 1.54) is 30.3 Å². The Kier molecular flexibility index (Phi) is 5.51. The molecule has 0 spiro atoms. The number of fused-ring (bicyclic) bond motifs is 1. The van der Waals surface area contributed by atoms with Crippen molar-refractivity contribution in [2.75, 3.05) is 5.32 Å². The molecule has 1 N–H and O–H groups in total. The van der Waals surface area contributed by atoms with Crippen molar-refractivity contribution in [3.8, 4) is 11.1 Å². The predicted octanol–water partition coefficient (Wildman–Crippen LogP) is 4.29. The highest BCUT2D eigenvalue weighted by Gasteiger charge is 2.42. The molecule has 1 heterocycles. The van der Waals surface area contributed by atoms with Gasteiger partial charge >= 0.3 is 18.2 Å². The molecule has 31 heavy (non-hydrogen) atoms. The number of nitrogens with one attached hydrogen (secondary N) is 1. The number of hydrogen-bond donors (Lipinski definition) is 1. The Morgan fingerprint density at radius 3 is 2.19 bits per heavy atom. The van der Waals surface area contributed by atoms with Gasteiger partial charge in [0.2, 0.25) is 0 Å². The number of ether oxygens (including phenoxy) is 1. The van der Waals surface area contributed by atoms with Crippen molar-refractivity contribution in [2.45, 2.75) is 44.0 Å². The summed E-state index contributed by atoms with van der Waals surface area (Å²) in [5, 5.41) is 1.72. The summed E-state index contributed by atoms with van der Waals surface area (Å²) in [4.78, 5) is 23.4. The summed E-state index contributed by atoms with van der Waals surface area (Å²) < 4.78 is 69.2. The lowest BCUT2D eigenvalue weighted by atomic mass is 10.0. The van der Waals surface area contributed by atoms with Crippen LogP contribution in [-0.2, 0) is 26.1 Å². The van der Waals surface area contributed by atoms with Crippen LogP contribution in [0.25, 0.3) is 11.1 Å². The van der Waals surface area contributed by atoms with Crippen LogP contribution < -0.4 is 5.32 Å². The van der Waals surface area contributed by atoms with Crippen molar-refractivity contribution in [3.63, 3.8) is 0 Å². The first-order chi connectivity index (χ1) is 14.2. The number of hydrogen-bond acceptors (Lipinski definition) is 5. The number of carbonyl (C=O) groups excluding carboxylic acids is 2. The summed E-state index contributed by atoms with van der Waals surface area (Å²) in [5.74, 6) is -2.11. The monoisotopic (exact) mass is 456 g/mol. The minimum Gasteiger partial charge on any atom is -0.443 e. The van der Waals surface area contributed by atoms with Crippen LogP contribution in [0.5, 0.6) is 0 Å². The van der Waals surface area contributed by atoms with E-state index in [1.54, 1.807) is 38.2 Å². The van der Waals surface area contributed by atoms with Crippen LogP contribution >= 0.6 is 0 Å². The first-order valence-corrected chi connectivity index (χ1v) is 10.5. The zero-order valence-corrected chi connectivity index (χ0v) is 17.6. The summed E-state index contributed by atoms with van der Waals surface area (Å²) in [6, 6.07) is 9.93. The molecular formula is C20H19F3N2O5S. The van der Waals surface area contributed by atoms with Crippen LogP contribution in [0.3, 0.4) is 0 Å². The van der Waals surface area contributed by atoms with Gasteiger partial charge in [-0.25, -0.2) is 13.2 Å². The molecule has 3 rings (SSSR count). The molecule has 0 radical (unpaired) electrons. The summed E-state index contributed by atoms with van der Waals surface area (Å²) in [7, 11) is -4.20. The largest absolute Gasteiger partial charge is 0.471 e. The van der Waals surface area contributed by atoms with E-state index in [0.29, 0.717) is 15.4 Å². The van der Waals surface area contributed by atoms with Crippen molar-refractivity contribution >= 4 is 27.7 Å². The molecule has 11 heteroatoms. The number of carbonyl (C=O) groups is 2. The highest BCUT2D eigenvalue weighted by molar-refractivity contribution is 7.90. The number of alkyl halides is 3. The lowest BCUT2D eigenvalue weighted by molar-refractivity contribution is -0.167. The van der Waals surface area contributed by atoms with Gasteiger partial charge in [-0.1, -0.05) is 30.3 Å². The smallest absolute Gasteiger partial charge is 0.443 e. The summed E-state index contributed by atoms with van der Waals surface area (Å²) in [6.45, 7) is 4.65. The minimum absolute atomic E-state index is 0.0760. The average molecular weight is 456 g/mol. The van der Waals surface area contributed by atoms with Gasteiger partial charge < -0.3 is 10.1 Å². The average Bonchev–Trinajstić information content (AvgIpc) is 2.91. The van der Waals surface area contributed by atoms with E-state index in [4.69, 9.17) is 4.74 Å². The SMILES string of the molecule is CC(C)(C)OC(=O)N1Cc2cccc(-c3ccc(NC(=O)C(F)(F)F)cc3)c2S1(=O)=O. The molecule has 0 aromatic heterocycles. The molecule has 2 aromatic carbocycles. The second-order valence-electron chi connectivity index (χ2n) is 7.82. The number of sulfonamides is 1. The maximum absolute atomic E-state index is 13.1. The van der Waals surface area contributed by atoms with Crippen molar-refractivity contribution in [1.29, 1.82) is 0 Å². The second kappa shape index (κ2) is 7.56. The number of rotatable bonds is 2. The van der Waals surface area contributed by atoms with E-state index >= 15 is 0 Å². The molecule has 166 valence electrons. The molecule has 0 saturated carbocycles. The van der Waals surface area contributed by atoms with Gasteiger partial charge in [0, 0.05) is 11.3 Å². The summed E-state index contributed by atoms with van der Waals surface area (Å²) >= 11 is 0. The fraction of sp³-hybridized carbons (Fsp3) is 0.300. The molecule has 0 atom stereocenters. The molecule has 0 fully saturated rings. The zero-order valence-electron chi connectivity index (χ0n) is 16.8. The van der Waals surface area contributed by atoms with Gasteiger partial charge in [0.05, 0.1) is 6.54 Å². The van der Waals surface area contributed by atoms with Crippen LogP contribution in [0.15, 0.2) is 47.4 Å². The Balaban J connectivity index is 1.94. The van der Waals surface area contributed by atoms with Gasteiger partial charge in [0.1, 0.15) is 10.5 Å². The number of amides is 2. The van der Waals surface area contributed by atoms with Crippen molar-refractivity contribution < 1.29 is 35.9 Å². The van der Waals surface area contributed by atoms with Crippen LogP contribution in [0.2, 0.25) is 0 Å². The zero-order chi connectivity index (χ0) is 23.2. The molecule has 7 nitrogen and oxygen atoms in total. The molecule has 0 aliphatic carbocycles. The Morgan fingerprint density at radius 2 is 1.65 bits per heavy atom. The normalized spacial score (nSPS) is 15.4. The van der Waals surface area contributed by atoms with Crippen molar-refractivity contribution in [2.24, 2.45) is 0 Å². The van der Waals surface area contributed by atoms with Gasteiger partial charge in [-0.05, 0) is 44.0 Å². The minimum atomic E-state index is -5.03. The topological polar surface area (TPSA) is 92.8 Å². The van der Waals surface area contributed by atoms with E-state index in [-0.39, 0.29) is 22.7 Å². The summed E-state index contributed by atoms with van der Waals surface area (Å²) in [5.41, 5.74) is 0.0596.